The molecule has 68 valence electrons. The predicted molar refractivity (Wildman–Crippen MR) is 50.5 cm³/mol. The molecule has 1 unspecified atom stereocenters. The second-order valence-electron chi connectivity index (χ2n) is 3.91. The van der Waals surface area contributed by atoms with Gasteiger partial charge in [-0.25, -0.2) is 0 Å². The van der Waals surface area contributed by atoms with E-state index in [0.29, 0.717) is 11.8 Å². The van der Waals surface area contributed by atoms with Gasteiger partial charge in [0.1, 0.15) is 0 Å². The van der Waals surface area contributed by atoms with Crippen LogP contribution >= 0.6 is 0 Å². The van der Waals surface area contributed by atoms with Gasteiger partial charge in [-0.15, -0.1) is 0 Å². The number of nitrogens with zero attached hydrogens (tertiary/aromatic N) is 1. The molecule has 0 radical (unpaired) electrons. The van der Waals surface area contributed by atoms with Gasteiger partial charge in [-0.05, 0) is 30.3 Å². The highest BCUT2D eigenvalue weighted by molar-refractivity contribution is 6.00. The van der Waals surface area contributed by atoms with E-state index in [9.17, 15) is 0 Å². The summed E-state index contributed by atoms with van der Waals surface area (Å²) in [7, 11) is 0. The van der Waals surface area contributed by atoms with E-state index >= 15 is 0 Å². The van der Waals surface area contributed by atoms with Crippen LogP contribution in [0.4, 0.5) is 0 Å². The van der Waals surface area contributed by atoms with Gasteiger partial charge in [0.15, 0.2) is 0 Å². The van der Waals surface area contributed by atoms with Crippen molar-refractivity contribution in [3.63, 3.8) is 0 Å². The monoisotopic (exact) mass is 167 g/mol. The van der Waals surface area contributed by atoms with Crippen LogP contribution in [0.15, 0.2) is 16.8 Å². The minimum absolute atomic E-state index is 0.475. The fraction of sp³-hybridized carbons (Fsp3) is 0.700. The Kier molecular flexibility index (Phi) is 2.90. The van der Waals surface area contributed by atoms with E-state index in [-0.39, 0.29) is 0 Å². The van der Waals surface area contributed by atoms with Gasteiger partial charge in [-0.1, -0.05) is 32.0 Å². The van der Waals surface area contributed by atoms with E-state index in [2.05, 4.69) is 32.0 Å². The lowest BCUT2D eigenvalue weighted by molar-refractivity contribution is 0.315. The summed E-state index contributed by atoms with van der Waals surface area (Å²) in [6, 6.07) is 0. The Balaban J connectivity index is 2.84. The Hall–Kier alpha value is -0.790. The van der Waals surface area contributed by atoms with Crippen molar-refractivity contribution in [3.05, 3.63) is 11.6 Å². The van der Waals surface area contributed by atoms with Gasteiger partial charge in [-0.2, -0.15) is 0 Å². The molecule has 2 nitrogen and oxygen atoms in total. The summed E-state index contributed by atoms with van der Waals surface area (Å²) in [5.74, 6) is 1.10. The second-order valence-corrected chi connectivity index (χ2v) is 3.91. The normalized spacial score (nSPS) is 27.8. The first-order valence-corrected chi connectivity index (χ1v) is 4.56. The molecule has 0 saturated heterocycles. The molecule has 0 saturated carbocycles. The molecule has 0 aliphatic heterocycles. The SMILES string of the molecule is CC1CC=C(C(C)C)C(=NO)C1. The molecular formula is C10H17NO. The lowest BCUT2D eigenvalue weighted by Crippen LogP contribution is -2.17. The molecule has 0 aromatic carbocycles. The minimum Gasteiger partial charge on any atom is -0.411 e. The zero-order valence-corrected chi connectivity index (χ0v) is 8.04. The summed E-state index contributed by atoms with van der Waals surface area (Å²) in [4.78, 5) is 0. The molecule has 0 amide bonds. The van der Waals surface area contributed by atoms with Crippen molar-refractivity contribution in [2.75, 3.05) is 0 Å². The zero-order valence-electron chi connectivity index (χ0n) is 8.04. The second kappa shape index (κ2) is 3.74. The fourth-order valence-corrected chi connectivity index (χ4v) is 1.64. The molecule has 0 fully saturated rings. The maximum Gasteiger partial charge on any atom is 0.0829 e. The van der Waals surface area contributed by atoms with E-state index in [1.54, 1.807) is 0 Å². The molecule has 12 heavy (non-hydrogen) atoms. The largest absolute Gasteiger partial charge is 0.411 e. The van der Waals surface area contributed by atoms with Crippen LogP contribution in [0.2, 0.25) is 0 Å². The number of hydrogen-bond acceptors (Lipinski definition) is 2. The molecule has 0 aromatic heterocycles. The standard InChI is InChI=1S/C10H17NO/c1-7(2)9-5-4-8(3)6-10(9)11-12/h5,7-8,12H,4,6H2,1-3H3. The molecule has 0 aromatic rings. The third-order valence-electron chi connectivity index (χ3n) is 2.36. The van der Waals surface area contributed by atoms with Crippen LogP contribution in [0.1, 0.15) is 33.6 Å². The van der Waals surface area contributed by atoms with Crippen molar-refractivity contribution in [2.45, 2.75) is 33.6 Å². The molecule has 0 bridgehead atoms. The molecule has 2 heteroatoms. The lowest BCUT2D eigenvalue weighted by Gasteiger charge is -2.21. The van der Waals surface area contributed by atoms with Crippen LogP contribution in [0, 0.1) is 11.8 Å². The lowest BCUT2D eigenvalue weighted by atomic mass is 9.84. The molecule has 0 spiro atoms. The van der Waals surface area contributed by atoms with Crippen molar-refractivity contribution in [1.29, 1.82) is 0 Å². The van der Waals surface area contributed by atoms with Gasteiger partial charge in [0.2, 0.25) is 0 Å². The van der Waals surface area contributed by atoms with Gasteiger partial charge in [-0.3, -0.25) is 0 Å². The molecule has 1 N–H and O–H groups in total. The molecule has 1 atom stereocenters. The number of hydrogen-bond donors (Lipinski definition) is 1. The van der Waals surface area contributed by atoms with Crippen LogP contribution in [0.3, 0.4) is 0 Å². The van der Waals surface area contributed by atoms with Gasteiger partial charge in [0, 0.05) is 0 Å². The number of oxime groups is 1. The van der Waals surface area contributed by atoms with Gasteiger partial charge in [0.25, 0.3) is 0 Å². The van der Waals surface area contributed by atoms with Crippen molar-refractivity contribution < 1.29 is 5.21 Å². The molecule has 1 aliphatic carbocycles. The number of rotatable bonds is 1. The van der Waals surface area contributed by atoms with Gasteiger partial charge >= 0.3 is 0 Å². The van der Waals surface area contributed by atoms with Gasteiger partial charge < -0.3 is 5.21 Å². The average Bonchev–Trinajstić information content (AvgIpc) is 2.03. The minimum atomic E-state index is 0.475. The number of allylic oxidation sites excluding steroid dienone is 2. The first-order chi connectivity index (χ1) is 5.65. The van der Waals surface area contributed by atoms with Crippen LogP contribution in [0.5, 0.6) is 0 Å². The Morgan fingerprint density at radius 3 is 2.75 bits per heavy atom. The average molecular weight is 167 g/mol. The Morgan fingerprint density at radius 1 is 1.58 bits per heavy atom. The zero-order chi connectivity index (χ0) is 9.14. The van der Waals surface area contributed by atoms with Crippen LogP contribution in [-0.2, 0) is 0 Å². The predicted octanol–water partition coefficient (Wildman–Crippen LogP) is 2.83. The summed E-state index contributed by atoms with van der Waals surface area (Å²) < 4.78 is 0. The summed E-state index contributed by atoms with van der Waals surface area (Å²) in [5, 5.41) is 12.1. The van der Waals surface area contributed by atoms with E-state index in [1.165, 1.54) is 5.57 Å². The van der Waals surface area contributed by atoms with E-state index < -0.39 is 0 Å². The van der Waals surface area contributed by atoms with Gasteiger partial charge in [0.05, 0.1) is 5.71 Å². The van der Waals surface area contributed by atoms with Crippen molar-refractivity contribution >= 4 is 5.71 Å². The third kappa shape index (κ3) is 1.87. The smallest absolute Gasteiger partial charge is 0.0829 e. The molecule has 1 rings (SSSR count). The fourth-order valence-electron chi connectivity index (χ4n) is 1.64. The van der Waals surface area contributed by atoms with Crippen LogP contribution in [0.25, 0.3) is 0 Å². The van der Waals surface area contributed by atoms with Crippen molar-refractivity contribution in [2.24, 2.45) is 17.0 Å². The van der Waals surface area contributed by atoms with E-state index in [0.717, 1.165) is 18.6 Å². The molecule has 0 heterocycles. The third-order valence-corrected chi connectivity index (χ3v) is 2.36. The topological polar surface area (TPSA) is 32.6 Å². The molecule has 1 aliphatic rings. The Bertz CT molecular complexity index is 216. The Morgan fingerprint density at radius 2 is 2.25 bits per heavy atom. The first kappa shape index (κ1) is 9.30. The maximum absolute atomic E-state index is 8.78. The van der Waals surface area contributed by atoms with Crippen LogP contribution in [-0.4, -0.2) is 10.9 Å². The highest BCUT2D eigenvalue weighted by atomic mass is 16.4. The Labute approximate surface area is 74.0 Å². The van der Waals surface area contributed by atoms with Crippen molar-refractivity contribution in [3.8, 4) is 0 Å². The highest BCUT2D eigenvalue weighted by Gasteiger charge is 2.19. The maximum atomic E-state index is 8.78. The first-order valence-electron chi connectivity index (χ1n) is 4.56. The summed E-state index contributed by atoms with van der Waals surface area (Å²) in [5.41, 5.74) is 2.10. The van der Waals surface area contributed by atoms with Crippen LogP contribution < -0.4 is 0 Å². The highest BCUT2D eigenvalue weighted by Crippen LogP contribution is 2.25. The summed E-state index contributed by atoms with van der Waals surface area (Å²) in [6.45, 7) is 6.44. The quantitative estimate of drug-likeness (QED) is 0.472. The van der Waals surface area contributed by atoms with E-state index in [4.69, 9.17) is 5.21 Å². The van der Waals surface area contributed by atoms with Crippen molar-refractivity contribution in [1.82, 2.24) is 0 Å². The summed E-state index contributed by atoms with van der Waals surface area (Å²) >= 11 is 0. The molecular weight excluding hydrogens is 150 g/mol. The summed E-state index contributed by atoms with van der Waals surface area (Å²) in [6.07, 6.45) is 4.24. The van der Waals surface area contributed by atoms with E-state index in [1.807, 2.05) is 0 Å².